The van der Waals surface area contributed by atoms with Crippen LogP contribution in [0.1, 0.15) is 0 Å². The molecule has 8 bridgehead atoms. The molecule has 0 amide bonds. The van der Waals surface area contributed by atoms with Crippen LogP contribution in [0.4, 0.5) is 0 Å². The van der Waals surface area contributed by atoms with E-state index in [1.54, 1.807) is 39.3 Å². The second kappa shape index (κ2) is 22.9. The van der Waals surface area contributed by atoms with Crippen LogP contribution in [0.15, 0.2) is 267 Å². The molecule has 0 fully saturated rings. The van der Waals surface area contributed by atoms with Crippen molar-refractivity contribution in [3.8, 4) is 89.0 Å². The van der Waals surface area contributed by atoms with Gasteiger partial charge in [-0.25, -0.2) is 0 Å². The highest BCUT2D eigenvalue weighted by molar-refractivity contribution is 7.62. The Labute approximate surface area is 508 Å². The van der Waals surface area contributed by atoms with Gasteiger partial charge in [0, 0.05) is 0 Å². The van der Waals surface area contributed by atoms with E-state index in [4.69, 9.17) is 0 Å². The molecule has 0 saturated carbocycles. The summed E-state index contributed by atoms with van der Waals surface area (Å²) in [5.74, 6) is 0. The Kier molecular flexibility index (Phi) is 15.4. The molecule has 408 valence electrons. The summed E-state index contributed by atoms with van der Waals surface area (Å²) in [6.07, 6.45) is 0. The molecule has 0 unspecified atom stereocenters. The smallest absolute Gasteiger partial charge is 0.0763 e. The fourth-order valence-corrected chi connectivity index (χ4v) is 41.1. The van der Waals surface area contributed by atoms with Gasteiger partial charge in [-0.1, -0.05) is 328 Å². The average Bonchev–Trinajstić information content (AvgIpc) is 3.04. The third kappa shape index (κ3) is 10.2. The second-order valence-electron chi connectivity index (χ2n) is 24.6. The first-order valence-corrected chi connectivity index (χ1v) is 45.0. The van der Waals surface area contributed by atoms with Gasteiger partial charge in [-0.15, -0.1) is 0 Å². The predicted molar refractivity (Wildman–Crippen MR) is 386 cm³/mol. The van der Waals surface area contributed by atoms with Crippen molar-refractivity contribution in [3.63, 3.8) is 0 Å². The first-order valence-electron chi connectivity index (χ1n) is 29.4. The molecule has 12 aromatic rings. The third-order valence-electron chi connectivity index (χ3n) is 17.5. The maximum atomic E-state index is 2.73. The standard InChI is InChI=1S/C76H68P4Si4/c1-81(2)69-61(53-33-17-9-18-34-53)49-63(55-37-21-11-22-38-55)71(77-69)82(3,4)73-65(57-41-25-13-26-42-57)51-67(59-45-29-15-30-46-59)75(79-73)84(7,8)76-68(60-47-31-16-32-48-60)52-66(58-43-27-14-28-44-58)74(80-76)83(5,6)72-64(56-39-23-12-24-40-56)50-62(70(81)78-72)54-35-19-10-20-36-54/h9-52H,1-8H3. The van der Waals surface area contributed by atoms with Crippen LogP contribution in [0.3, 0.4) is 0 Å². The monoisotopic (exact) mass is 1220 g/mol. The van der Waals surface area contributed by atoms with E-state index < -0.39 is 32.3 Å². The minimum atomic E-state index is -2.71. The SMILES string of the molecule is C[Si]1(C)c2pc(c(-c3ccccc3)cc2-c2ccccc2)[Si](C)(C)c2pc(c(-c3ccccc3)cc2-c2ccccc2)[Si](C)(C)c2pc(c(-c3ccccc3)cc2-c2ccccc2)[Si](C)(C)c2pc1c(-c1ccccc1)cc2-c1ccccc1. The first kappa shape index (κ1) is 56.4. The van der Waals surface area contributed by atoms with Gasteiger partial charge in [0.1, 0.15) is 32.3 Å². The molecule has 0 atom stereocenters. The number of rotatable bonds is 8. The van der Waals surface area contributed by atoms with E-state index in [9.17, 15) is 0 Å². The first-order chi connectivity index (χ1) is 40.7. The molecule has 0 saturated heterocycles. The maximum Gasteiger partial charge on any atom is 0.125 e. The van der Waals surface area contributed by atoms with Gasteiger partial charge in [0.2, 0.25) is 0 Å². The number of hydrogen-bond acceptors (Lipinski definition) is 0. The largest absolute Gasteiger partial charge is 0.125 e. The van der Waals surface area contributed by atoms with Crippen LogP contribution in [0.2, 0.25) is 52.4 Å². The third-order valence-corrected chi connectivity index (χ3v) is 48.9. The second-order valence-corrected chi connectivity index (χ2v) is 49.4. The lowest BCUT2D eigenvalue weighted by molar-refractivity contribution is 1.62. The highest BCUT2D eigenvalue weighted by atomic mass is 31.1. The summed E-state index contributed by atoms with van der Waals surface area (Å²) in [4.78, 5) is 12.9. The Hall–Kier alpha value is -6.77. The van der Waals surface area contributed by atoms with E-state index in [0.717, 1.165) is 0 Å². The zero-order valence-corrected chi connectivity index (χ0v) is 56.8. The van der Waals surface area contributed by atoms with Crippen LogP contribution in [0.25, 0.3) is 89.0 Å². The fourth-order valence-electron chi connectivity index (χ4n) is 13.0. The van der Waals surface area contributed by atoms with Crippen molar-refractivity contribution in [1.29, 1.82) is 0 Å². The highest BCUT2D eigenvalue weighted by Crippen LogP contribution is 2.42. The predicted octanol–water partition coefficient (Wildman–Crippen LogP) is 18.9. The van der Waals surface area contributed by atoms with Gasteiger partial charge in [-0.05, 0) is 153 Å². The minimum Gasteiger partial charge on any atom is -0.0763 e. The summed E-state index contributed by atoms with van der Waals surface area (Å²) in [5, 5.41) is 0. The average molecular weight is 1220 g/mol. The summed E-state index contributed by atoms with van der Waals surface area (Å²) in [5.41, 5.74) is 21.6. The maximum absolute atomic E-state index is 2.73. The molecule has 13 rings (SSSR count). The van der Waals surface area contributed by atoms with Gasteiger partial charge in [0.25, 0.3) is 0 Å². The van der Waals surface area contributed by atoms with E-state index in [1.165, 1.54) is 122 Å². The summed E-state index contributed by atoms with van der Waals surface area (Å²) in [6.45, 7) is 21.8. The molecule has 5 heterocycles. The molecule has 8 heteroatoms. The van der Waals surface area contributed by atoms with Gasteiger partial charge in [-0.2, -0.15) is 0 Å². The van der Waals surface area contributed by atoms with Crippen LogP contribution >= 0.6 is 32.8 Å². The fraction of sp³-hybridized carbons (Fsp3) is 0.105. The number of fused-ring (bicyclic) bond motifs is 8. The quantitative estimate of drug-likeness (QED) is 0.133. The molecule has 0 nitrogen and oxygen atoms in total. The summed E-state index contributed by atoms with van der Waals surface area (Å²) in [6, 6.07) is 102. The normalized spacial score (nSPS) is 15.0. The van der Waals surface area contributed by atoms with Gasteiger partial charge in [-0.3, -0.25) is 0 Å². The molecule has 0 spiro atoms. The topological polar surface area (TPSA) is 0 Å². The Morgan fingerprint density at radius 2 is 0.274 bits per heavy atom. The molecular formula is C76H68P4Si4. The summed E-state index contributed by atoms with van der Waals surface area (Å²) >= 11 is 0. The molecule has 84 heavy (non-hydrogen) atoms. The summed E-state index contributed by atoms with van der Waals surface area (Å²) < 4.78 is 0. The van der Waals surface area contributed by atoms with Crippen molar-refractivity contribution in [2.45, 2.75) is 52.4 Å². The molecule has 1 aliphatic heterocycles. The Morgan fingerprint density at radius 1 is 0.167 bits per heavy atom. The Balaban J connectivity index is 1.27. The zero-order chi connectivity index (χ0) is 57.8. The molecular weight excluding hydrogens is 1150 g/mol. The molecule has 0 N–H and O–H groups in total. The van der Waals surface area contributed by atoms with E-state index in [-0.39, 0.29) is 0 Å². The van der Waals surface area contributed by atoms with Crippen LogP contribution < -0.4 is 39.3 Å². The highest BCUT2D eigenvalue weighted by Gasteiger charge is 2.44. The zero-order valence-electron chi connectivity index (χ0n) is 49.2. The van der Waals surface area contributed by atoms with E-state index in [0.29, 0.717) is 0 Å². The lowest BCUT2D eigenvalue weighted by atomic mass is 10.0. The van der Waals surface area contributed by atoms with Crippen molar-refractivity contribution in [2.24, 2.45) is 0 Å². The van der Waals surface area contributed by atoms with Gasteiger partial charge < -0.3 is 0 Å². The van der Waals surface area contributed by atoms with Crippen LogP contribution in [0.5, 0.6) is 0 Å². The van der Waals surface area contributed by atoms with Crippen LogP contribution in [-0.2, 0) is 0 Å². The molecule has 0 radical (unpaired) electrons. The van der Waals surface area contributed by atoms with Crippen molar-refractivity contribution in [1.82, 2.24) is 0 Å². The van der Waals surface area contributed by atoms with Crippen molar-refractivity contribution >= 4 is 104 Å². The van der Waals surface area contributed by atoms with E-state index in [1.807, 2.05) is 0 Å². The molecule has 1 aliphatic rings. The van der Waals surface area contributed by atoms with Crippen LogP contribution in [-0.4, -0.2) is 32.3 Å². The molecule has 0 aliphatic carbocycles. The lowest BCUT2D eigenvalue weighted by Gasteiger charge is -2.38. The van der Waals surface area contributed by atoms with Crippen LogP contribution in [0, 0.1) is 0 Å². The van der Waals surface area contributed by atoms with Gasteiger partial charge >= 0.3 is 0 Å². The Morgan fingerprint density at radius 3 is 0.381 bits per heavy atom. The minimum absolute atomic E-state index is 1.30. The van der Waals surface area contributed by atoms with E-state index in [2.05, 4.69) is 319 Å². The lowest BCUT2D eigenvalue weighted by Crippen LogP contribution is -2.60. The summed E-state index contributed by atoms with van der Waals surface area (Å²) in [7, 11) is -5.43. The molecule has 4 aromatic heterocycles. The van der Waals surface area contributed by atoms with Crippen molar-refractivity contribution < 1.29 is 0 Å². The number of benzene rings is 8. The Bertz CT molecular complexity index is 3540. The van der Waals surface area contributed by atoms with Crippen molar-refractivity contribution in [3.05, 3.63) is 267 Å². The van der Waals surface area contributed by atoms with Crippen molar-refractivity contribution in [2.75, 3.05) is 0 Å². The molecule has 8 aromatic carbocycles. The number of hydrogen-bond donors (Lipinski definition) is 0. The van der Waals surface area contributed by atoms with E-state index >= 15 is 0 Å². The van der Waals surface area contributed by atoms with Gasteiger partial charge in [0.15, 0.2) is 0 Å². The van der Waals surface area contributed by atoms with Gasteiger partial charge in [0.05, 0.1) is 0 Å².